The van der Waals surface area contributed by atoms with Crippen LogP contribution in [0.1, 0.15) is 12.8 Å². The van der Waals surface area contributed by atoms with Crippen LogP contribution < -0.4 is 10.4 Å². The smallest absolute Gasteiger partial charge is 0.0537 e. The summed E-state index contributed by atoms with van der Waals surface area (Å²) < 4.78 is 0. The summed E-state index contributed by atoms with van der Waals surface area (Å²) in [4.78, 5) is 0. The predicted molar refractivity (Wildman–Crippen MR) is 60.8 cm³/mol. The molecule has 1 aromatic rings. The highest BCUT2D eigenvalue weighted by molar-refractivity contribution is 5.87. The molecule has 2 atom stereocenters. The summed E-state index contributed by atoms with van der Waals surface area (Å²) >= 11 is 0. The normalized spacial score (nSPS) is 37.6. The van der Waals surface area contributed by atoms with Crippen LogP contribution >= 0.6 is 0 Å². The molecule has 1 aromatic carbocycles. The maximum atomic E-state index is 9.67. The number of hydrogen-bond donors (Lipinski definition) is 2. The van der Waals surface area contributed by atoms with Crippen molar-refractivity contribution in [2.24, 2.45) is 10.8 Å². The number of aliphatic hydroxyl groups excluding tert-OH is 2. The fourth-order valence-electron chi connectivity index (χ4n) is 3.75. The summed E-state index contributed by atoms with van der Waals surface area (Å²) in [5.41, 5.74) is 2.51. The number of rotatable bonds is 2. The van der Waals surface area contributed by atoms with E-state index in [1.54, 1.807) is 0 Å². The molecule has 0 bridgehead atoms. The van der Waals surface area contributed by atoms with E-state index in [1.807, 2.05) is 0 Å². The molecule has 0 spiro atoms. The third kappa shape index (κ3) is 0.702. The first-order valence-electron chi connectivity index (χ1n) is 5.83. The highest BCUT2D eigenvalue weighted by Gasteiger charge is 2.72. The summed E-state index contributed by atoms with van der Waals surface area (Å²) in [6, 6.07) is 8.41. The topological polar surface area (TPSA) is 40.5 Å². The van der Waals surface area contributed by atoms with E-state index in [0.29, 0.717) is 0 Å². The highest BCUT2D eigenvalue weighted by atomic mass is 16.3. The summed E-state index contributed by atoms with van der Waals surface area (Å²) in [7, 11) is 0. The van der Waals surface area contributed by atoms with E-state index in [0.717, 1.165) is 12.8 Å². The molecule has 2 N–H and O–H groups in total. The molecule has 0 amide bonds. The van der Waals surface area contributed by atoms with E-state index in [2.05, 4.69) is 24.3 Å². The molecule has 3 aliphatic rings. The minimum atomic E-state index is -0.106. The fraction of sp³-hybridized carbons (Fsp3) is 0.429. The zero-order valence-electron chi connectivity index (χ0n) is 9.03. The van der Waals surface area contributed by atoms with Gasteiger partial charge in [-0.3, -0.25) is 0 Å². The van der Waals surface area contributed by atoms with Gasteiger partial charge in [-0.1, -0.05) is 35.4 Å². The molecular formula is C14H14O2. The van der Waals surface area contributed by atoms with Crippen LogP contribution in [0.5, 0.6) is 0 Å². The van der Waals surface area contributed by atoms with Crippen LogP contribution in [0.3, 0.4) is 0 Å². The number of benzene rings is 1. The van der Waals surface area contributed by atoms with Crippen LogP contribution in [0.2, 0.25) is 0 Å². The van der Waals surface area contributed by atoms with Gasteiger partial charge in [0.25, 0.3) is 0 Å². The first-order chi connectivity index (χ1) is 7.79. The second kappa shape index (κ2) is 2.41. The first kappa shape index (κ1) is 8.97. The Kier molecular flexibility index (Phi) is 1.35. The van der Waals surface area contributed by atoms with E-state index in [-0.39, 0.29) is 24.0 Å². The van der Waals surface area contributed by atoms with Crippen molar-refractivity contribution in [2.75, 3.05) is 13.2 Å². The van der Waals surface area contributed by atoms with Crippen molar-refractivity contribution in [3.05, 3.63) is 34.7 Å². The van der Waals surface area contributed by atoms with Gasteiger partial charge in [0.15, 0.2) is 0 Å². The second-order valence-electron chi connectivity index (χ2n) is 5.34. The van der Waals surface area contributed by atoms with Crippen molar-refractivity contribution >= 4 is 11.1 Å². The number of hydrogen-bond acceptors (Lipinski definition) is 2. The standard InChI is InChI=1S/C14H14O2/c15-7-13-5-11(13)9-3-1-2-4-10(9)12-6-14(12,13)8-16/h1-4,15-16H,5-8H2. The SMILES string of the molecule is OCC12CC1=c1ccccc1=C1CC12CO. The zero-order valence-corrected chi connectivity index (χ0v) is 9.03. The maximum absolute atomic E-state index is 9.67. The Hall–Kier alpha value is -1.12. The Balaban J connectivity index is 2.14. The van der Waals surface area contributed by atoms with Crippen molar-refractivity contribution in [1.29, 1.82) is 0 Å². The van der Waals surface area contributed by atoms with E-state index in [4.69, 9.17) is 0 Å². The van der Waals surface area contributed by atoms with Crippen LogP contribution in [0.15, 0.2) is 24.3 Å². The molecule has 2 saturated carbocycles. The van der Waals surface area contributed by atoms with E-state index >= 15 is 0 Å². The average Bonchev–Trinajstić information content (AvgIpc) is 3.21. The summed E-state index contributed by atoms with van der Waals surface area (Å²) in [6.45, 7) is 0.363. The fourth-order valence-corrected chi connectivity index (χ4v) is 3.75. The quantitative estimate of drug-likeness (QED) is 0.714. The Morgan fingerprint density at radius 2 is 1.31 bits per heavy atom. The molecule has 2 heteroatoms. The average molecular weight is 214 g/mol. The highest BCUT2D eigenvalue weighted by Crippen LogP contribution is 2.77. The molecule has 0 saturated heterocycles. The van der Waals surface area contributed by atoms with Gasteiger partial charge in [-0.2, -0.15) is 0 Å². The summed E-state index contributed by atoms with van der Waals surface area (Å²) in [6.07, 6.45) is 1.93. The molecule has 2 unspecified atom stereocenters. The van der Waals surface area contributed by atoms with E-state index < -0.39 is 0 Å². The molecule has 2 nitrogen and oxygen atoms in total. The third-order valence-corrected chi connectivity index (χ3v) is 4.90. The molecule has 0 aliphatic heterocycles. The van der Waals surface area contributed by atoms with Crippen LogP contribution in [0.4, 0.5) is 0 Å². The lowest BCUT2D eigenvalue weighted by Gasteiger charge is -2.23. The van der Waals surface area contributed by atoms with Gasteiger partial charge in [0.05, 0.1) is 13.2 Å². The van der Waals surface area contributed by atoms with Crippen molar-refractivity contribution < 1.29 is 10.2 Å². The molecule has 2 fully saturated rings. The Morgan fingerprint density at radius 1 is 0.875 bits per heavy atom. The van der Waals surface area contributed by atoms with Crippen molar-refractivity contribution in [3.8, 4) is 0 Å². The van der Waals surface area contributed by atoms with Gasteiger partial charge in [0.1, 0.15) is 0 Å². The van der Waals surface area contributed by atoms with Crippen LogP contribution in [0.25, 0.3) is 11.1 Å². The Morgan fingerprint density at radius 3 is 1.69 bits per heavy atom. The molecular weight excluding hydrogens is 200 g/mol. The number of aliphatic hydroxyl groups is 2. The third-order valence-electron chi connectivity index (χ3n) is 4.90. The molecule has 0 aromatic heterocycles. The zero-order chi connectivity index (χ0) is 11.0. The van der Waals surface area contributed by atoms with Gasteiger partial charge >= 0.3 is 0 Å². The molecule has 4 rings (SSSR count). The first-order valence-corrected chi connectivity index (χ1v) is 5.83. The van der Waals surface area contributed by atoms with Crippen LogP contribution in [-0.2, 0) is 0 Å². The number of fused-ring (bicyclic) bond motifs is 4. The second-order valence-corrected chi connectivity index (χ2v) is 5.34. The van der Waals surface area contributed by atoms with Crippen molar-refractivity contribution in [1.82, 2.24) is 0 Å². The van der Waals surface area contributed by atoms with Gasteiger partial charge in [-0.15, -0.1) is 0 Å². The maximum Gasteiger partial charge on any atom is 0.0537 e. The lowest BCUT2D eigenvalue weighted by atomic mass is 9.82. The van der Waals surface area contributed by atoms with Gasteiger partial charge in [0, 0.05) is 10.8 Å². The van der Waals surface area contributed by atoms with Crippen LogP contribution in [-0.4, -0.2) is 23.4 Å². The molecule has 3 aliphatic carbocycles. The van der Waals surface area contributed by atoms with Crippen molar-refractivity contribution in [3.63, 3.8) is 0 Å². The minimum Gasteiger partial charge on any atom is -0.395 e. The Labute approximate surface area is 93.5 Å². The Bertz CT molecular complexity index is 561. The predicted octanol–water partition coefficient (Wildman–Crippen LogP) is -0.234. The van der Waals surface area contributed by atoms with Gasteiger partial charge < -0.3 is 10.2 Å². The molecule has 82 valence electrons. The van der Waals surface area contributed by atoms with Gasteiger partial charge in [0.2, 0.25) is 0 Å². The summed E-state index contributed by atoms with van der Waals surface area (Å²) in [5, 5.41) is 22.0. The van der Waals surface area contributed by atoms with Crippen molar-refractivity contribution in [2.45, 2.75) is 12.8 Å². The lowest BCUT2D eigenvalue weighted by molar-refractivity contribution is 0.112. The summed E-state index contributed by atoms with van der Waals surface area (Å²) in [5.74, 6) is 0. The van der Waals surface area contributed by atoms with Gasteiger partial charge in [-0.05, 0) is 23.3 Å². The van der Waals surface area contributed by atoms with E-state index in [1.165, 1.54) is 21.6 Å². The monoisotopic (exact) mass is 214 g/mol. The molecule has 16 heavy (non-hydrogen) atoms. The minimum absolute atomic E-state index is 0.106. The van der Waals surface area contributed by atoms with E-state index in [9.17, 15) is 10.2 Å². The van der Waals surface area contributed by atoms with Gasteiger partial charge in [-0.25, -0.2) is 0 Å². The molecule has 0 heterocycles. The van der Waals surface area contributed by atoms with Crippen LogP contribution in [0, 0.1) is 10.8 Å². The largest absolute Gasteiger partial charge is 0.395 e. The lowest BCUT2D eigenvalue weighted by Crippen LogP contribution is -2.36. The molecule has 0 radical (unpaired) electrons.